The molecule has 0 radical (unpaired) electrons. The molecule has 0 heterocycles. The van der Waals surface area contributed by atoms with Crippen molar-refractivity contribution in [2.75, 3.05) is 11.9 Å². The number of amides is 1. The summed E-state index contributed by atoms with van der Waals surface area (Å²) in [5.41, 5.74) is 1.55. The van der Waals surface area contributed by atoms with Gasteiger partial charge >= 0.3 is 0 Å². The molecular weight excluding hydrogens is 308 g/mol. The Morgan fingerprint density at radius 1 is 1.17 bits per heavy atom. The van der Waals surface area contributed by atoms with E-state index in [0.29, 0.717) is 12.1 Å². The van der Waals surface area contributed by atoms with Crippen molar-refractivity contribution in [1.82, 2.24) is 0 Å². The van der Waals surface area contributed by atoms with Gasteiger partial charge in [-0.15, -0.1) is 0 Å². The number of nitrogens with one attached hydrogen (secondary N) is 1. The van der Waals surface area contributed by atoms with Crippen LogP contribution in [0.1, 0.15) is 39.8 Å². The molecule has 0 atom stereocenters. The van der Waals surface area contributed by atoms with Gasteiger partial charge in [-0.2, -0.15) is 5.26 Å². The summed E-state index contributed by atoms with van der Waals surface area (Å²) in [6.45, 7) is 0.121. The van der Waals surface area contributed by atoms with Crippen LogP contribution in [0.4, 0.5) is 5.69 Å². The number of carbonyl (C=O) groups excluding carboxylic acids is 1. The van der Waals surface area contributed by atoms with Gasteiger partial charge in [0.1, 0.15) is 0 Å². The Labute approximate surface area is 139 Å². The Hall–Kier alpha value is -2.72. The summed E-state index contributed by atoms with van der Waals surface area (Å²) in [5, 5.41) is 39.4. The second kappa shape index (κ2) is 8.22. The zero-order valence-corrected chi connectivity index (χ0v) is 12.9. The van der Waals surface area contributed by atoms with Gasteiger partial charge in [0.25, 0.3) is 5.91 Å². The van der Waals surface area contributed by atoms with Gasteiger partial charge in [-0.3, -0.25) is 4.79 Å². The molecule has 2 aromatic carbocycles. The second-order valence-corrected chi connectivity index (χ2v) is 5.23. The lowest BCUT2D eigenvalue weighted by Crippen LogP contribution is -2.17. The van der Waals surface area contributed by atoms with Gasteiger partial charge in [-0.1, -0.05) is 24.3 Å². The van der Waals surface area contributed by atoms with E-state index in [9.17, 15) is 15.0 Å². The summed E-state index contributed by atoms with van der Waals surface area (Å²) in [7, 11) is 0. The number of carbonyl (C=O) groups is 1. The Morgan fingerprint density at radius 2 is 1.88 bits per heavy atom. The van der Waals surface area contributed by atoms with E-state index in [1.54, 1.807) is 12.1 Å². The maximum absolute atomic E-state index is 12.5. The smallest absolute Gasteiger partial charge is 0.257 e. The van der Waals surface area contributed by atoms with Crippen molar-refractivity contribution in [2.24, 2.45) is 0 Å². The van der Waals surface area contributed by atoms with Gasteiger partial charge in [-0.05, 0) is 36.6 Å². The van der Waals surface area contributed by atoms with Crippen LogP contribution in [0.25, 0.3) is 0 Å². The zero-order valence-electron chi connectivity index (χ0n) is 12.9. The fourth-order valence-electron chi connectivity index (χ4n) is 2.36. The van der Waals surface area contributed by atoms with E-state index in [-0.39, 0.29) is 23.3 Å². The molecule has 1 amide bonds. The van der Waals surface area contributed by atoms with Gasteiger partial charge in [0.15, 0.2) is 6.29 Å². The number of rotatable bonds is 6. The van der Waals surface area contributed by atoms with E-state index in [0.717, 1.165) is 12.0 Å². The molecule has 4 N–H and O–H groups in total. The topological polar surface area (TPSA) is 114 Å². The maximum atomic E-state index is 12.5. The van der Waals surface area contributed by atoms with Crippen LogP contribution < -0.4 is 5.32 Å². The maximum Gasteiger partial charge on any atom is 0.257 e. The summed E-state index contributed by atoms with van der Waals surface area (Å²) in [6, 6.07) is 13.3. The molecule has 0 fully saturated rings. The number of benzene rings is 2. The van der Waals surface area contributed by atoms with Crippen molar-refractivity contribution in [2.45, 2.75) is 19.1 Å². The van der Waals surface area contributed by atoms with Crippen molar-refractivity contribution in [3.8, 4) is 6.07 Å². The highest BCUT2D eigenvalue weighted by atomic mass is 16.5. The Bertz CT molecular complexity index is 749. The molecule has 0 aromatic heterocycles. The Kier molecular flexibility index (Phi) is 6.04. The first-order chi connectivity index (χ1) is 11.6. The molecule has 6 nitrogen and oxygen atoms in total. The van der Waals surface area contributed by atoms with E-state index >= 15 is 0 Å². The molecule has 24 heavy (non-hydrogen) atoms. The quantitative estimate of drug-likeness (QED) is 0.604. The number of nitrogens with zero attached hydrogens (tertiary/aromatic N) is 1. The van der Waals surface area contributed by atoms with Crippen LogP contribution in [-0.4, -0.2) is 27.8 Å². The molecule has 6 heteroatoms. The summed E-state index contributed by atoms with van der Waals surface area (Å²) in [5.74, 6) is -0.585. The number of nitriles is 1. The predicted molar refractivity (Wildman–Crippen MR) is 88.1 cm³/mol. The van der Waals surface area contributed by atoms with E-state index in [2.05, 4.69) is 5.32 Å². The van der Waals surface area contributed by atoms with Crippen LogP contribution in [-0.2, 0) is 6.42 Å². The standard InChI is InChI=1S/C18H18N2O4/c19-11-13-4-1-5-15(18(23)24)16(13)17(22)20-14-8-6-12(7-9-14)3-2-10-21/h1,4-9,18,21,23-24H,2-3,10H2,(H,20,22). The third-order valence-corrected chi connectivity index (χ3v) is 3.56. The first kappa shape index (κ1) is 17.6. The van der Waals surface area contributed by atoms with Crippen LogP contribution in [0, 0.1) is 11.3 Å². The summed E-state index contributed by atoms with van der Waals surface area (Å²) in [4.78, 5) is 12.5. The zero-order chi connectivity index (χ0) is 17.5. The lowest BCUT2D eigenvalue weighted by molar-refractivity contribution is -0.0429. The fraction of sp³-hybridized carbons (Fsp3) is 0.222. The van der Waals surface area contributed by atoms with Gasteiger partial charge in [0.05, 0.1) is 17.2 Å². The van der Waals surface area contributed by atoms with E-state index in [1.807, 2.05) is 18.2 Å². The van der Waals surface area contributed by atoms with Crippen molar-refractivity contribution in [3.63, 3.8) is 0 Å². The number of aryl methyl sites for hydroxylation is 1. The SMILES string of the molecule is N#Cc1cccc(C(O)O)c1C(=O)Nc1ccc(CCCO)cc1. The molecule has 2 aromatic rings. The van der Waals surface area contributed by atoms with Crippen molar-refractivity contribution >= 4 is 11.6 Å². The molecule has 0 saturated heterocycles. The lowest BCUT2D eigenvalue weighted by atomic mass is 10.00. The largest absolute Gasteiger partial charge is 0.396 e. The molecule has 0 aliphatic rings. The molecular formula is C18H18N2O4. The molecule has 0 bridgehead atoms. The molecule has 2 rings (SSSR count). The molecule has 0 spiro atoms. The average Bonchev–Trinajstić information content (AvgIpc) is 2.60. The van der Waals surface area contributed by atoms with Gasteiger partial charge in [-0.25, -0.2) is 0 Å². The van der Waals surface area contributed by atoms with Crippen LogP contribution >= 0.6 is 0 Å². The highest BCUT2D eigenvalue weighted by Crippen LogP contribution is 2.21. The monoisotopic (exact) mass is 326 g/mol. The lowest BCUT2D eigenvalue weighted by Gasteiger charge is -2.13. The van der Waals surface area contributed by atoms with Gasteiger partial charge in [0.2, 0.25) is 0 Å². The molecule has 124 valence electrons. The van der Waals surface area contributed by atoms with E-state index in [4.69, 9.17) is 10.4 Å². The van der Waals surface area contributed by atoms with Gasteiger partial charge < -0.3 is 20.6 Å². The number of hydrogen-bond donors (Lipinski definition) is 4. The minimum atomic E-state index is -1.85. The molecule has 0 saturated carbocycles. The predicted octanol–water partition coefficient (Wildman–Crippen LogP) is 1.72. The minimum absolute atomic E-state index is 0.0221. The summed E-state index contributed by atoms with van der Waals surface area (Å²) < 4.78 is 0. The minimum Gasteiger partial charge on any atom is -0.396 e. The summed E-state index contributed by atoms with van der Waals surface area (Å²) in [6.07, 6.45) is -0.443. The average molecular weight is 326 g/mol. The fourth-order valence-corrected chi connectivity index (χ4v) is 2.36. The van der Waals surface area contributed by atoms with E-state index in [1.165, 1.54) is 18.2 Å². The normalized spacial score (nSPS) is 10.5. The van der Waals surface area contributed by atoms with Crippen LogP contribution in [0.2, 0.25) is 0 Å². The first-order valence-electron chi connectivity index (χ1n) is 7.47. The van der Waals surface area contributed by atoms with Crippen LogP contribution in [0.3, 0.4) is 0 Å². The third kappa shape index (κ3) is 4.18. The Balaban J connectivity index is 2.23. The highest BCUT2D eigenvalue weighted by Gasteiger charge is 2.20. The van der Waals surface area contributed by atoms with Crippen molar-refractivity contribution in [1.29, 1.82) is 5.26 Å². The van der Waals surface area contributed by atoms with E-state index < -0.39 is 12.2 Å². The number of hydrogen-bond acceptors (Lipinski definition) is 5. The van der Waals surface area contributed by atoms with Crippen LogP contribution in [0.5, 0.6) is 0 Å². The van der Waals surface area contributed by atoms with Crippen molar-refractivity contribution in [3.05, 3.63) is 64.7 Å². The highest BCUT2D eigenvalue weighted by molar-refractivity contribution is 6.07. The van der Waals surface area contributed by atoms with Crippen molar-refractivity contribution < 1.29 is 20.1 Å². The Morgan fingerprint density at radius 3 is 2.46 bits per heavy atom. The van der Waals surface area contributed by atoms with Gasteiger partial charge in [0, 0.05) is 17.9 Å². The molecule has 0 aliphatic heterocycles. The molecule has 0 aliphatic carbocycles. The number of aliphatic hydroxyl groups excluding tert-OH is 2. The first-order valence-corrected chi connectivity index (χ1v) is 7.47. The molecule has 0 unspecified atom stereocenters. The number of aliphatic hydroxyl groups is 3. The third-order valence-electron chi connectivity index (χ3n) is 3.56. The summed E-state index contributed by atoms with van der Waals surface area (Å²) >= 11 is 0. The number of anilines is 1. The second-order valence-electron chi connectivity index (χ2n) is 5.23. The van der Waals surface area contributed by atoms with Crippen LogP contribution in [0.15, 0.2) is 42.5 Å².